The normalized spacial score (nSPS) is 20.3. The maximum Gasteiger partial charge on any atom is 0.242 e. The van der Waals surface area contributed by atoms with Crippen molar-refractivity contribution in [3.8, 4) is 0 Å². The fourth-order valence-corrected chi connectivity index (χ4v) is 8.86. The third kappa shape index (κ3) is 5.38. The minimum Gasteiger partial charge on any atom is -0.368 e. The van der Waals surface area contributed by atoms with E-state index in [1.807, 2.05) is 42.1 Å². The van der Waals surface area contributed by atoms with E-state index in [-0.39, 0.29) is 5.25 Å². The first-order chi connectivity index (χ1) is 24.2. The van der Waals surface area contributed by atoms with Crippen LogP contribution in [0.15, 0.2) is 150 Å². The molecule has 4 heterocycles. The molecule has 2 atom stereocenters. The van der Waals surface area contributed by atoms with Gasteiger partial charge in [0.1, 0.15) is 5.82 Å². The number of amidine groups is 1. The molecule has 8 heteroatoms. The number of hydrogen-bond acceptors (Lipinski definition) is 7. The number of halogens is 1. The van der Waals surface area contributed by atoms with Crippen LogP contribution >= 0.6 is 23.4 Å². The van der Waals surface area contributed by atoms with Crippen LogP contribution in [0.3, 0.4) is 0 Å². The maximum atomic E-state index is 6.78. The number of fused-ring (bicyclic) bond motifs is 4. The van der Waals surface area contributed by atoms with E-state index in [9.17, 15) is 0 Å². The molecule has 1 fully saturated rings. The molecule has 0 aliphatic carbocycles. The molecule has 242 valence electrons. The fraction of sp³-hybridized carbons (Fsp3) is 0.171. The van der Waals surface area contributed by atoms with Crippen molar-refractivity contribution in [3.05, 3.63) is 161 Å². The highest BCUT2D eigenvalue weighted by Gasteiger charge is 2.53. The van der Waals surface area contributed by atoms with Gasteiger partial charge in [-0.05, 0) is 48.5 Å². The number of benzene rings is 5. The zero-order valence-electron chi connectivity index (χ0n) is 26.8. The zero-order chi connectivity index (χ0) is 32.8. The Labute approximate surface area is 295 Å². The monoisotopic (exact) mass is 679 g/mol. The molecule has 0 N–H and O–H groups in total. The molecule has 0 spiro atoms. The molecule has 1 saturated heterocycles. The smallest absolute Gasteiger partial charge is 0.242 e. The van der Waals surface area contributed by atoms with E-state index in [0.29, 0.717) is 11.4 Å². The number of thioether (sulfide) groups is 1. The summed E-state index contributed by atoms with van der Waals surface area (Å²) in [6.07, 6.45) is 0.630. The van der Waals surface area contributed by atoms with Crippen molar-refractivity contribution in [2.75, 3.05) is 40.9 Å². The van der Waals surface area contributed by atoms with Crippen LogP contribution < -0.4 is 14.7 Å². The number of piperazine rings is 1. The molecule has 3 aliphatic rings. The number of para-hydroxylation sites is 3. The predicted molar refractivity (Wildman–Crippen MR) is 202 cm³/mol. The molecule has 6 nitrogen and oxygen atoms in total. The van der Waals surface area contributed by atoms with Gasteiger partial charge >= 0.3 is 0 Å². The van der Waals surface area contributed by atoms with Gasteiger partial charge < -0.3 is 14.6 Å². The van der Waals surface area contributed by atoms with Crippen molar-refractivity contribution < 1.29 is 4.84 Å². The second-order valence-corrected chi connectivity index (χ2v) is 14.4. The van der Waals surface area contributed by atoms with Crippen molar-refractivity contribution in [1.82, 2.24) is 4.98 Å². The lowest BCUT2D eigenvalue weighted by atomic mass is 9.91. The van der Waals surface area contributed by atoms with Crippen LogP contribution in [-0.2, 0) is 10.6 Å². The standard InChI is InChI=1S/C41H34ClN5OS/c42-32-21-19-31(20-22-32)41-28-38(49-37-18-10-9-17-36(37)47(41)39(44-48-41)29-11-3-1-4-12-29)34-27-30-13-7-8-16-35(30)43-40(34)46-25-23-45(24-26-46)33-14-5-2-6-15-33/h1-22,27,38H,23-26,28H2. The highest BCUT2D eigenvalue weighted by molar-refractivity contribution is 7.99. The van der Waals surface area contributed by atoms with E-state index in [2.05, 4.69) is 124 Å². The Morgan fingerprint density at radius 1 is 0.714 bits per heavy atom. The lowest BCUT2D eigenvalue weighted by Crippen LogP contribution is -2.48. The van der Waals surface area contributed by atoms with Crippen molar-refractivity contribution in [2.24, 2.45) is 5.16 Å². The van der Waals surface area contributed by atoms with Crippen LogP contribution in [0.5, 0.6) is 0 Å². The average molecular weight is 680 g/mol. The first-order valence-electron chi connectivity index (χ1n) is 16.7. The molecule has 5 aromatic carbocycles. The number of hydrogen-bond donors (Lipinski definition) is 0. The SMILES string of the molecule is Clc1ccc(C23CC(c4cc5ccccc5nc4N4CCN(c5ccccc5)CC4)Sc4ccccc4N2C(c2ccccc2)=NO3)cc1. The van der Waals surface area contributed by atoms with Gasteiger partial charge in [0.05, 0.1) is 11.2 Å². The Hall–Kier alpha value is -4.98. The first kappa shape index (κ1) is 30.1. The summed E-state index contributed by atoms with van der Waals surface area (Å²) in [6, 6.07) is 48.5. The maximum absolute atomic E-state index is 6.78. The highest BCUT2D eigenvalue weighted by atomic mass is 35.5. The van der Waals surface area contributed by atoms with Gasteiger partial charge in [0, 0.05) is 75.5 Å². The van der Waals surface area contributed by atoms with Crippen LogP contribution in [0.2, 0.25) is 5.02 Å². The summed E-state index contributed by atoms with van der Waals surface area (Å²) in [6.45, 7) is 3.62. The number of pyridine rings is 1. The Kier molecular flexibility index (Phi) is 7.67. The predicted octanol–water partition coefficient (Wildman–Crippen LogP) is 9.50. The number of aromatic nitrogens is 1. The van der Waals surface area contributed by atoms with Crippen LogP contribution in [0.25, 0.3) is 10.9 Å². The molecule has 0 saturated carbocycles. The summed E-state index contributed by atoms with van der Waals surface area (Å²) in [7, 11) is 0. The summed E-state index contributed by atoms with van der Waals surface area (Å²) >= 11 is 8.35. The summed E-state index contributed by atoms with van der Waals surface area (Å²) < 4.78 is 0. The van der Waals surface area contributed by atoms with Crippen molar-refractivity contribution in [3.63, 3.8) is 0 Å². The largest absolute Gasteiger partial charge is 0.368 e. The second kappa shape index (κ2) is 12.5. The molecular weight excluding hydrogens is 646 g/mol. The quantitative estimate of drug-likeness (QED) is 0.181. The Balaban J connectivity index is 1.18. The molecule has 1 aromatic heterocycles. The van der Waals surface area contributed by atoms with Crippen LogP contribution in [-0.4, -0.2) is 37.0 Å². The van der Waals surface area contributed by atoms with Gasteiger partial charge in [0.15, 0.2) is 5.84 Å². The minimum atomic E-state index is -0.922. The van der Waals surface area contributed by atoms with Gasteiger partial charge in [-0.3, -0.25) is 4.90 Å². The Morgan fingerprint density at radius 2 is 1.39 bits per heavy atom. The van der Waals surface area contributed by atoms with Gasteiger partial charge in [0.2, 0.25) is 5.72 Å². The second-order valence-electron chi connectivity index (χ2n) is 12.7. The first-order valence-corrected chi connectivity index (χ1v) is 18.0. The van der Waals surface area contributed by atoms with Crippen molar-refractivity contribution in [2.45, 2.75) is 22.3 Å². The molecule has 3 aliphatic heterocycles. The lowest BCUT2D eigenvalue weighted by molar-refractivity contribution is -0.0283. The van der Waals surface area contributed by atoms with E-state index in [0.717, 1.165) is 65.5 Å². The van der Waals surface area contributed by atoms with Gasteiger partial charge in [-0.15, -0.1) is 11.8 Å². The van der Waals surface area contributed by atoms with E-state index < -0.39 is 5.72 Å². The van der Waals surface area contributed by atoms with Crippen LogP contribution in [0.4, 0.5) is 17.2 Å². The molecular formula is C41H34ClN5OS. The summed E-state index contributed by atoms with van der Waals surface area (Å²) in [5.74, 6) is 1.83. The molecule has 2 unspecified atom stereocenters. The third-order valence-corrected chi connectivity index (χ3v) is 11.4. The van der Waals surface area contributed by atoms with E-state index in [1.54, 1.807) is 0 Å². The fourth-order valence-electron chi connectivity index (χ4n) is 7.38. The molecule has 9 rings (SSSR count). The van der Waals surface area contributed by atoms with Gasteiger partial charge in [-0.2, -0.15) is 0 Å². The minimum absolute atomic E-state index is 0.00795. The van der Waals surface area contributed by atoms with E-state index >= 15 is 0 Å². The average Bonchev–Trinajstić information content (AvgIpc) is 3.48. The van der Waals surface area contributed by atoms with Crippen molar-refractivity contribution in [1.29, 1.82) is 0 Å². The topological polar surface area (TPSA) is 44.2 Å². The highest BCUT2D eigenvalue weighted by Crippen LogP contribution is 2.57. The Morgan fingerprint density at radius 3 is 2.18 bits per heavy atom. The number of rotatable bonds is 5. The van der Waals surface area contributed by atoms with E-state index in [1.165, 1.54) is 16.1 Å². The number of anilines is 3. The molecule has 49 heavy (non-hydrogen) atoms. The molecule has 6 aromatic rings. The molecule has 0 radical (unpaired) electrons. The van der Waals surface area contributed by atoms with E-state index in [4.69, 9.17) is 26.6 Å². The molecule has 0 amide bonds. The summed E-state index contributed by atoms with van der Waals surface area (Å²) in [5, 5.41) is 6.67. The van der Waals surface area contributed by atoms with Crippen molar-refractivity contribution >= 4 is 57.3 Å². The van der Waals surface area contributed by atoms with Crippen LogP contribution in [0.1, 0.15) is 28.4 Å². The Bertz CT molecular complexity index is 2160. The lowest BCUT2D eigenvalue weighted by Gasteiger charge is -2.39. The molecule has 0 bridgehead atoms. The zero-order valence-corrected chi connectivity index (χ0v) is 28.4. The number of oxime groups is 1. The van der Waals surface area contributed by atoms with Gasteiger partial charge in [-0.1, -0.05) is 108 Å². The number of nitrogens with zero attached hydrogens (tertiary/aromatic N) is 5. The summed E-state index contributed by atoms with van der Waals surface area (Å²) in [5.41, 5.74) is 5.63. The van der Waals surface area contributed by atoms with Gasteiger partial charge in [0.25, 0.3) is 0 Å². The third-order valence-electron chi connectivity index (χ3n) is 9.80. The summed E-state index contributed by atoms with van der Waals surface area (Å²) in [4.78, 5) is 20.6. The van der Waals surface area contributed by atoms with Crippen LogP contribution in [0, 0.1) is 0 Å². The van der Waals surface area contributed by atoms with Gasteiger partial charge in [-0.25, -0.2) is 4.98 Å².